The van der Waals surface area contributed by atoms with Crippen molar-refractivity contribution in [2.45, 2.75) is 10.9 Å². The van der Waals surface area contributed by atoms with Crippen molar-refractivity contribution in [3.63, 3.8) is 0 Å². The van der Waals surface area contributed by atoms with Crippen molar-refractivity contribution in [1.82, 2.24) is 15.0 Å². The number of fused-ring (bicyclic) bond motifs is 1. The zero-order valence-electron chi connectivity index (χ0n) is 18.8. The molecule has 2 unspecified atom stereocenters. The van der Waals surface area contributed by atoms with Crippen molar-refractivity contribution in [3.05, 3.63) is 117 Å². The minimum Gasteiger partial charge on any atom is -0.374 e. The van der Waals surface area contributed by atoms with Crippen LogP contribution in [0.3, 0.4) is 0 Å². The van der Waals surface area contributed by atoms with Crippen molar-refractivity contribution in [2.75, 3.05) is 5.75 Å². The molecule has 3 aromatic carbocycles. The van der Waals surface area contributed by atoms with E-state index in [0.29, 0.717) is 38.5 Å². The lowest BCUT2D eigenvalue weighted by atomic mass is 9.82. The first kappa shape index (κ1) is 23.9. The molecule has 4 N–H and O–H groups in total. The molecule has 9 heteroatoms. The number of nitrogens with zero attached hydrogens (tertiary/aromatic N) is 3. The number of benzene rings is 3. The number of nitrogens with one attached hydrogen (secondary N) is 1. The SMILES string of the molecule is Cn1cncc1C(O)(c1ccc(Cl)cc1)c1ccc2c(c1)C(c1cccc(Cl)c1)SCC(NN)=N2. The largest absolute Gasteiger partial charge is 0.374 e. The van der Waals surface area contributed by atoms with Gasteiger partial charge in [-0.05, 0) is 58.7 Å². The molecule has 0 fully saturated rings. The summed E-state index contributed by atoms with van der Waals surface area (Å²) in [5.41, 5.74) is 6.01. The monoisotopic (exact) mass is 523 g/mol. The molecule has 1 aliphatic heterocycles. The van der Waals surface area contributed by atoms with Gasteiger partial charge in [0.25, 0.3) is 0 Å². The molecule has 0 bridgehead atoms. The minimum atomic E-state index is -1.47. The van der Waals surface area contributed by atoms with Crippen LogP contribution < -0.4 is 11.3 Å². The molecule has 35 heavy (non-hydrogen) atoms. The Kier molecular flexibility index (Phi) is 6.61. The van der Waals surface area contributed by atoms with E-state index < -0.39 is 5.60 Å². The fourth-order valence-electron chi connectivity index (χ4n) is 4.40. The van der Waals surface area contributed by atoms with Gasteiger partial charge in [-0.1, -0.05) is 53.5 Å². The third-order valence-electron chi connectivity index (χ3n) is 6.14. The van der Waals surface area contributed by atoms with E-state index in [1.807, 2.05) is 66.2 Å². The van der Waals surface area contributed by atoms with E-state index in [0.717, 1.165) is 16.8 Å². The van der Waals surface area contributed by atoms with Gasteiger partial charge in [-0.2, -0.15) is 0 Å². The lowest BCUT2D eigenvalue weighted by Gasteiger charge is -2.31. The number of imidazole rings is 1. The van der Waals surface area contributed by atoms with Gasteiger partial charge in [0.15, 0.2) is 5.60 Å². The predicted molar refractivity (Wildman–Crippen MR) is 143 cm³/mol. The fourth-order valence-corrected chi connectivity index (χ4v) is 5.90. The summed E-state index contributed by atoms with van der Waals surface area (Å²) < 4.78 is 1.82. The molecule has 5 rings (SSSR count). The van der Waals surface area contributed by atoms with Crippen LogP contribution in [0.1, 0.15) is 33.2 Å². The van der Waals surface area contributed by atoms with E-state index >= 15 is 0 Å². The smallest absolute Gasteiger partial charge is 0.156 e. The summed E-state index contributed by atoms with van der Waals surface area (Å²) in [6.45, 7) is 0. The molecule has 0 amide bonds. The molecular weight excluding hydrogens is 501 g/mol. The number of hydrazine groups is 1. The van der Waals surface area contributed by atoms with Crippen LogP contribution in [0.15, 0.2) is 84.2 Å². The van der Waals surface area contributed by atoms with E-state index in [1.165, 1.54) is 0 Å². The number of aryl methyl sites for hydroxylation is 1. The highest BCUT2D eigenvalue weighted by Gasteiger charge is 2.38. The number of thioether (sulfide) groups is 1. The topological polar surface area (TPSA) is 88.5 Å². The Labute approximate surface area is 217 Å². The summed E-state index contributed by atoms with van der Waals surface area (Å²) in [6, 6.07) is 20.8. The minimum absolute atomic E-state index is 0.0701. The maximum atomic E-state index is 12.4. The second-order valence-electron chi connectivity index (χ2n) is 8.33. The Morgan fingerprint density at radius 1 is 1.06 bits per heavy atom. The maximum Gasteiger partial charge on any atom is 0.156 e. The lowest BCUT2D eigenvalue weighted by Crippen LogP contribution is -2.31. The highest BCUT2D eigenvalue weighted by Crippen LogP contribution is 2.46. The molecule has 2 atom stereocenters. The summed E-state index contributed by atoms with van der Waals surface area (Å²) in [7, 11) is 1.86. The Balaban J connectivity index is 1.73. The van der Waals surface area contributed by atoms with E-state index in [1.54, 1.807) is 36.4 Å². The van der Waals surface area contributed by atoms with Gasteiger partial charge in [-0.25, -0.2) is 15.8 Å². The number of hydrogen-bond donors (Lipinski definition) is 3. The number of nitrogens with two attached hydrogens (primary N) is 1. The van der Waals surface area contributed by atoms with Gasteiger partial charge < -0.3 is 15.1 Å². The fraction of sp³-hybridized carbons (Fsp3) is 0.154. The molecule has 0 spiro atoms. The number of aliphatic hydroxyl groups is 1. The zero-order valence-corrected chi connectivity index (χ0v) is 21.1. The van der Waals surface area contributed by atoms with Gasteiger partial charge in [-0.3, -0.25) is 0 Å². The quantitative estimate of drug-likeness (QED) is 0.248. The summed E-state index contributed by atoms with van der Waals surface area (Å²) in [5, 5.41) is 13.5. The zero-order chi connectivity index (χ0) is 24.6. The van der Waals surface area contributed by atoms with Crippen molar-refractivity contribution in [2.24, 2.45) is 17.9 Å². The van der Waals surface area contributed by atoms with Crippen LogP contribution in [0.4, 0.5) is 5.69 Å². The highest BCUT2D eigenvalue weighted by atomic mass is 35.5. The molecule has 178 valence electrons. The number of hydrogen-bond acceptors (Lipinski definition) is 6. The first-order valence-electron chi connectivity index (χ1n) is 10.9. The van der Waals surface area contributed by atoms with Crippen LogP contribution in [0.2, 0.25) is 10.0 Å². The predicted octanol–water partition coefficient (Wildman–Crippen LogP) is 5.34. The van der Waals surface area contributed by atoms with Gasteiger partial charge in [-0.15, -0.1) is 11.8 Å². The molecule has 0 saturated carbocycles. The van der Waals surface area contributed by atoms with Crippen LogP contribution in [0.25, 0.3) is 0 Å². The number of halogens is 2. The average molecular weight is 524 g/mol. The first-order chi connectivity index (χ1) is 16.9. The summed E-state index contributed by atoms with van der Waals surface area (Å²) in [6.07, 6.45) is 3.35. The molecule has 6 nitrogen and oxygen atoms in total. The normalized spacial score (nSPS) is 17.2. The summed E-state index contributed by atoms with van der Waals surface area (Å²) >= 11 is 14.2. The van der Waals surface area contributed by atoms with Gasteiger partial charge in [0.1, 0.15) is 5.84 Å². The third kappa shape index (κ3) is 4.46. The van der Waals surface area contributed by atoms with Gasteiger partial charge >= 0.3 is 0 Å². The van der Waals surface area contributed by atoms with Crippen LogP contribution in [0.5, 0.6) is 0 Å². The van der Waals surface area contributed by atoms with Crippen molar-refractivity contribution in [3.8, 4) is 0 Å². The molecule has 0 saturated heterocycles. The highest BCUT2D eigenvalue weighted by molar-refractivity contribution is 8.00. The number of aromatic nitrogens is 2. The Morgan fingerprint density at radius 2 is 1.83 bits per heavy atom. The van der Waals surface area contributed by atoms with Crippen LogP contribution in [0, 0.1) is 0 Å². The molecule has 4 aromatic rings. The molecule has 2 heterocycles. The average Bonchev–Trinajstić information content (AvgIpc) is 3.21. The summed E-state index contributed by atoms with van der Waals surface area (Å²) in [4.78, 5) is 9.02. The van der Waals surface area contributed by atoms with Gasteiger partial charge in [0, 0.05) is 17.1 Å². The second kappa shape index (κ2) is 9.68. The molecule has 1 aromatic heterocycles. The second-order valence-corrected chi connectivity index (χ2v) is 10.3. The van der Waals surface area contributed by atoms with Crippen molar-refractivity contribution in [1.29, 1.82) is 0 Å². The number of aliphatic imine (C=N–C) groups is 1. The van der Waals surface area contributed by atoms with E-state index in [-0.39, 0.29) is 5.25 Å². The Bertz CT molecular complexity index is 1410. The van der Waals surface area contributed by atoms with E-state index in [4.69, 9.17) is 34.0 Å². The molecule has 0 aliphatic carbocycles. The van der Waals surface area contributed by atoms with Gasteiger partial charge in [0.05, 0.1) is 34.9 Å². The Hall–Kier alpha value is -2.81. The lowest BCUT2D eigenvalue weighted by molar-refractivity contribution is 0.117. The third-order valence-corrected chi connectivity index (χ3v) is 7.92. The maximum absolute atomic E-state index is 12.4. The van der Waals surface area contributed by atoms with E-state index in [2.05, 4.69) is 10.4 Å². The van der Waals surface area contributed by atoms with Gasteiger partial charge in [0.2, 0.25) is 0 Å². The van der Waals surface area contributed by atoms with Crippen molar-refractivity contribution >= 4 is 46.5 Å². The van der Waals surface area contributed by atoms with Crippen LogP contribution in [-0.4, -0.2) is 26.2 Å². The first-order valence-corrected chi connectivity index (χ1v) is 12.7. The number of rotatable bonds is 4. The molecule has 0 radical (unpaired) electrons. The molecular formula is C26H23Cl2N5OS. The van der Waals surface area contributed by atoms with Crippen LogP contribution >= 0.6 is 35.0 Å². The summed E-state index contributed by atoms with van der Waals surface area (Å²) in [5.74, 6) is 7.00. The van der Waals surface area contributed by atoms with Crippen molar-refractivity contribution < 1.29 is 5.11 Å². The Morgan fingerprint density at radius 3 is 2.51 bits per heavy atom. The van der Waals surface area contributed by atoms with E-state index in [9.17, 15) is 5.11 Å². The standard InChI is InChI=1S/C26H23Cl2N5OS/c1-33-15-30-13-23(33)26(34,17-5-8-19(27)9-6-17)18-7-10-22-21(12-18)25(35-14-24(31-22)32-29)16-3-2-4-20(28)11-16/h2-13,15,25,34H,14,29H2,1H3,(H,31,32). The molecule has 1 aliphatic rings. The number of amidine groups is 1. The van der Waals surface area contributed by atoms with Crippen LogP contribution in [-0.2, 0) is 12.6 Å².